The first-order valence-electron chi connectivity index (χ1n) is 6.34. The summed E-state index contributed by atoms with van der Waals surface area (Å²) in [6.45, 7) is 2.37. The number of rotatable bonds is 5. The van der Waals surface area contributed by atoms with Crippen LogP contribution < -0.4 is 0 Å². The Hall–Kier alpha value is -2.73. The summed E-state index contributed by atoms with van der Waals surface area (Å²) < 4.78 is 0. The lowest BCUT2D eigenvalue weighted by molar-refractivity contribution is 0.427. The number of aryl methyl sites for hydroxylation is 1. The van der Waals surface area contributed by atoms with E-state index < -0.39 is 0 Å². The molecule has 2 rings (SSSR count). The number of nitrogens with zero attached hydrogens (tertiary/aromatic N) is 6. The van der Waals surface area contributed by atoms with Gasteiger partial charge in [-0.15, -0.1) is 10.2 Å². The van der Waals surface area contributed by atoms with E-state index in [4.69, 9.17) is 10.5 Å². The average molecular weight is 266 g/mol. The van der Waals surface area contributed by atoms with Crippen LogP contribution in [-0.2, 0) is 6.54 Å². The zero-order chi connectivity index (χ0) is 14.4. The van der Waals surface area contributed by atoms with Crippen molar-refractivity contribution in [3.8, 4) is 23.5 Å². The van der Waals surface area contributed by atoms with Crippen molar-refractivity contribution in [3.63, 3.8) is 0 Å². The molecule has 0 aliphatic carbocycles. The van der Waals surface area contributed by atoms with Gasteiger partial charge in [-0.2, -0.15) is 15.3 Å². The lowest BCUT2D eigenvalue weighted by Gasteiger charge is -2.03. The number of tetrazole rings is 1. The number of hydrogen-bond donors (Lipinski definition) is 0. The summed E-state index contributed by atoms with van der Waals surface area (Å²) in [6.07, 6.45) is 0.881. The molecule has 0 N–H and O–H groups in total. The molecule has 1 atom stereocenters. The molecule has 0 saturated heterocycles. The van der Waals surface area contributed by atoms with E-state index in [1.807, 2.05) is 37.3 Å². The van der Waals surface area contributed by atoms with Gasteiger partial charge in [0.15, 0.2) is 0 Å². The SMILES string of the molecule is Cc1ccc(-c2nnn(C[C@H](C#N)CCC#N)n2)cc1. The third-order valence-corrected chi connectivity index (χ3v) is 2.93. The second kappa shape index (κ2) is 6.44. The summed E-state index contributed by atoms with van der Waals surface area (Å²) in [7, 11) is 0. The van der Waals surface area contributed by atoms with Crippen LogP contribution in [0.3, 0.4) is 0 Å². The fraction of sp³-hybridized carbons (Fsp3) is 0.357. The Morgan fingerprint density at radius 3 is 2.65 bits per heavy atom. The molecule has 0 saturated carbocycles. The van der Waals surface area contributed by atoms with Crippen molar-refractivity contribution in [1.82, 2.24) is 20.2 Å². The third-order valence-electron chi connectivity index (χ3n) is 2.93. The summed E-state index contributed by atoms with van der Waals surface area (Å²) in [5.41, 5.74) is 2.06. The molecule has 0 spiro atoms. The molecule has 0 aliphatic heterocycles. The molecule has 0 amide bonds. The Kier molecular flexibility index (Phi) is 4.41. The first-order chi connectivity index (χ1) is 9.72. The van der Waals surface area contributed by atoms with Crippen LogP contribution in [0.15, 0.2) is 24.3 Å². The van der Waals surface area contributed by atoms with Gasteiger partial charge in [0.05, 0.1) is 24.6 Å². The van der Waals surface area contributed by atoms with E-state index in [1.54, 1.807) is 0 Å². The highest BCUT2D eigenvalue weighted by atomic mass is 15.6. The van der Waals surface area contributed by atoms with Gasteiger partial charge >= 0.3 is 0 Å². The van der Waals surface area contributed by atoms with E-state index >= 15 is 0 Å². The lowest BCUT2D eigenvalue weighted by Crippen LogP contribution is -2.12. The molecular weight excluding hydrogens is 252 g/mol. The van der Waals surface area contributed by atoms with Gasteiger partial charge in [-0.25, -0.2) is 0 Å². The van der Waals surface area contributed by atoms with Crippen molar-refractivity contribution in [1.29, 1.82) is 10.5 Å². The zero-order valence-corrected chi connectivity index (χ0v) is 11.2. The van der Waals surface area contributed by atoms with Gasteiger partial charge in [0.25, 0.3) is 0 Å². The van der Waals surface area contributed by atoms with Gasteiger partial charge in [-0.3, -0.25) is 0 Å². The number of hydrogen-bond acceptors (Lipinski definition) is 5. The highest BCUT2D eigenvalue weighted by Crippen LogP contribution is 2.14. The van der Waals surface area contributed by atoms with Gasteiger partial charge in [-0.05, 0) is 18.6 Å². The molecule has 0 aliphatic rings. The summed E-state index contributed by atoms with van der Waals surface area (Å²) in [5, 5.41) is 29.8. The molecule has 0 unspecified atom stereocenters. The van der Waals surface area contributed by atoms with Crippen LogP contribution in [0, 0.1) is 35.5 Å². The molecule has 2 aromatic rings. The van der Waals surface area contributed by atoms with E-state index in [-0.39, 0.29) is 5.92 Å². The molecule has 20 heavy (non-hydrogen) atoms. The number of benzene rings is 1. The van der Waals surface area contributed by atoms with Crippen molar-refractivity contribution in [2.24, 2.45) is 5.92 Å². The second-order valence-electron chi connectivity index (χ2n) is 4.56. The molecule has 6 heteroatoms. The Balaban J connectivity index is 2.07. The minimum atomic E-state index is -0.269. The Bertz CT molecular complexity index is 644. The number of aromatic nitrogens is 4. The molecule has 1 aromatic heterocycles. The predicted molar refractivity (Wildman–Crippen MR) is 71.9 cm³/mol. The monoisotopic (exact) mass is 266 g/mol. The summed E-state index contributed by atoms with van der Waals surface area (Å²) in [4.78, 5) is 1.42. The summed E-state index contributed by atoms with van der Waals surface area (Å²) in [5.74, 6) is 0.275. The molecule has 1 heterocycles. The Labute approximate surface area is 117 Å². The maximum atomic E-state index is 9.02. The van der Waals surface area contributed by atoms with Crippen molar-refractivity contribution < 1.29 is 0 Å². The highest BCUT2D eigenvalue weighted by Gasteiger charge is 2.12. The van der Waals surface area contributed by atoms with Gasteiger partial charge in [0, 0.05) is 12.0 Å². The first kappa shape index (κ1) is 13.7. The largest absolute Gasteiger partial charge is 0.204 e. The maximum Gasteiger partial charge on any atom is 0.204 e. The normalized spacial score (nSPS) is 11.6. The van der Waals surface area contributed by atoms with Crippen molar-refractivity contribution in [2.45, 2.75) is 26.3 Å². The second-order valence-corrected chi connectivity index (χ2v) is 4.56. The molecule has 1 aromatic carbocycles. The maximum absolute atomic E-state index is 9.02. The Morgan fingerprint density at radius 1 is 1.25 bits per heavy atom. The van der Waals surface area contributed by atoms with Crippen molar-refractivity contribution in [3.05, 3.63) is 29.8 Å². The molecule has 0 radical (unpaired) electrons. The standard InChI is InChI=1S/C14H14N6/c1-11-4-6-13(7-5-11)14-17-19-20(18-14)10-12(9-16)3-2-8-15/h4-7,12H,2-3,10H2,1H3/t12-/m0/s1. The van der Waals surface area contributed by atoms with E-state index in [0.717, 1.165) is 5.56 Å². The fourth-order valence-electron chi connectivity index (χ4n) is 1.77. The summed E-state index contributed by atoms with van der Waals surface area (Å²) in [6, 6.07) is 12.1. The molecular formula is C14H14N6. The topological polar surface area (TPSA) is 91.2 Å². The van der Waals surface area contributed by atoms with E-state index in [0.29, 0.717) is 25.2 Å². The van der Waals surface area contributed by atoms with Gasteiger partial charge in [-0.1, -0.05) is 29.8 Å². The van der Waals surface area contributed by atoms with Crippen LogP contribution in [0.1, 0.15) is 18.4 Å². The van der Waals surface area contributed by atoms with Crippen LogP contribution in [0.5, 0.6) is 0 Å². The van der Waals surface area contributed by atoms with Crippen molar-refractivity contribution in [2.75, 3.05) is 0 Å². The molecule has 0 bridgehead atoms. The van der Waals surface area contributed by atoms with Gasteiger partial charge in [0.1, 0.15) is 0 Å². The van der Waals surface area contributed by atoms with E-state index in [1.165, 1.54) is 10.4 Å². The molecule has 0 fully saturated rings. The third kappa shape index (κ3) is 3.39. The fourth-order valence-corrected chi connectivity index (χ4v) is 1.77. The van der Waals surface area contributed by atoms with Crippen LogP contribution in [-0.4, -0.2) is 20.2 Å². The molecule has 6 nitrogen and oxygen atoms in total. The summed E-state index contributed by atoms with van der Waals surface area (Å²) >= 11 is 0. The number of nitriles is 2. The minimum absolute atomic E-state index is 0.269. The van der Waals surface area contributed by atoms with Crippen molar-refractivity contribution >= 4 is 0 Å². The first-order valence-corrected chi connectivity index (χ1v) is 6.34. The predicted octanol–water partition coefficient (Wildman–Crippen LogP) is 2.09. The van der Waals surface area contributed by atoms with Crippen LogP contribution in [0.2, 0.25) is 0 Å². The van der Waals surface area contributed by atoms with Gasteiger partial charge < -0.3 is 0 Å². The smallest absolute Gasteiger partial charge is 0.198 e. The quantitative estimate of drug-likeness (QED) is 0.826. The highest BCUT2D eigenvalue weighted by molar-refractivity contribution is 5.53. The van der Waals surface area contributed by atoms with Crippen LogP contribution >= 0.6 is 0 Å². The van der Waals surface area contributed by atoms with Crippen LogP contribution in [0.4, 0.5) is 0 Å². The lowest BCUT2D eigenvalue weighted by atomic mass is 10.1. The van der Waals surface area contributed by atoms with E-state index in [2.05, 4.69) is 21.5 Å². The molecule has 100 valence electrons. The minimum Gasteiger partial charge on any atom is -0.198 e. The average Bonchev–Trinajstić information content (AvgIpc) is 2.92. The Morgan fingerprint density at radius 2 is 2.00 bits per heavy atom. The van der Waals surface area contributed by atoms with Gasteiger partial charge in [0.2, 0.25) is 5.82 Å². The van der Waals surface area contributed by atoms with E-state index in [9.17, 15) is 0 Å². The van der Waals surface area contributed by atoms with Crippen LogP contribution in [0.25, 0.3) is 11.4 Å². The zero-order valence-electron chi connectivity index (χ0n) is 11.2.